The van der Waals surface area contributed by atoms with Crippen LogP contribution in [0.5, 0.6) is 0 Å². The number of halogens is 1. The van der Waals surface area contributed by atoms with Crippen molar-refractivity contribution in [2.45, 2.75) is 20.0 Å². The third kappa shape index (κ3) is 6.92. The summed E-state index contributed by atoms with van der Waals surface area (Å²) < 4.78 is 11.4. The van der Waals surface area contributed by atoms with E-state index in [0.29, 0.717) is 19.1 Å². The highest BCUT2D eigenvalue weighted by molar-refractivity contribution is 6.30. The van der Waals surface area contributed by atoms with E-state index >= 15 is 0 Å². The topological polar surface area (TPSA) is 30.5 Å². The Balaban J connectivity index is 2.40. The van der Waals surface area contributed by atoms with E-state index in [9.17, 15) is 0 Å². The van der Waals surface area contributed by atoms with E-state index in [1.54, 1.807) is 0 Å². The summed E-state index contributed by atoms with van der Waals surface area (Å²) in [5.41, 5.74) is 1.09. The zero-order valence-electron chi connectivity index (χ0n) is 12.0. The molecule has 0 saturated carbocycles. The summed E-state index contributed by atoms with van der Waals surface area (Å²) in [5, 5.41) is 3.87. The van der Waals surface area contributed by atoms with Crippen molar-refractivity contribution in [3.05, 3.63) is 34.9 Å². The van der Waals surface area contributed by atoms with Gasteiger partial charge in [-0.15, -0.1) is 0 Å². The standard InChI is InChI=1S/C15H24ClNO2/c1-12(2)11-18-7-8-19-15(10-17-3)13-5-4-6-14(16)9-13/h4-6,9,12,15,17H,7-8,10-11H2,1-3H3. The third-order valence-electron chi connectivity index (χ3n) is 2.61. The lowest BCUT2D eigenvalue weighted by atomic mass is 10.1. The summed E-state index contributed by atoms with van der Waals surface area (Å²) in [7, 11) is 1.91. The Kier molecular flexibility index (Phi) is 8.07. The molecule has 0 fully saturated rings. The maximum atomic E-state index is 6.01. The molecule has 19 heavy (non-hydrogen) atoms. The lowest BCUT2D eigenvalue weighted by Crippen LogP contribution is -2.21. The molecule has 3 nitrogen and oxygen atoms in total. The van der Waals surface area contributed by atoms with Gasteiger partial charge in [0.2, 0.25) is 0 Å². The molecule has 4 heteroatoms. The fourth-order valence-corrected chi connectivity index (χ4v) is 1.93. The predicted molar refractivity (Wildman–Crippen MR) is 79.7 cm³/mol. The molecular formula is C15H24ClNO2. The largest absolute Gasteiger partial charge is 0.379 e. The molecule has 0 aliphatic carbocycles. The van der Waals surface area contributed by atoms with Gasteiger partial charge in [0.1, 0.15) is 0 Å². The van der Waals surface area contributed by atoms with Gasteiger partial charge in [0.15, 0.2) is 0 Å². The average molecular weight is 286 g/mol. The number of hydrogen-bond acceptors (Lipinski definition) is 3. The molecule has 0 aliphatic heterocycles. The SMILES string of the molecule is CNCC(OCCOCC(C)C)c1cccc(Cl)c1. The molecule has 0 bridgehead atoms. The van der Waals surface area contributed by atoms with Crippen molar-refractivity contribution in [3.63, 3.8) is 0 Å². The lowest BCUT2D eigenvalue weighted by Gasteiger charge is -2.18. The molecule has 0 heterocycles. The molecular weight excluding hydrogens is 262 g/mol. The van der Waals surface area contributed by atoms with Crippen LogP contribution in [-0.2, 0) is 9.47 Å². The van der Waals surface area contributed by atoms with Gasteiger partial charge < -0.3 is 14.8 Å². The molecule has 1 aromatic carbocycles. The molecule has 0 spiro atoms. The van der Waals surface area contributed by atoms with Crippen molar-refractivity contribution in [2.75, 3.05) is 33.4 Å². The van der Waals surface area contributed by atoms with Gasteiger partial charge in [-0.25, -0.2) is 0 Å². The van der Waals surface area contributed by atoms with Gasteiger partial charge in [-0.2, -0.15) is 0 Å². The molecule has 1 rings (SSSR count). The minimum atomic E-state index is 0.00588. The number of likely N-dealkylation sites (N-methyl/N-ethyl adjacent to an activating group) is 1. The Morgan fingerprint density at radius 2 is 2.05 bits per heavy atom. The average Bonchev–Trinajstić information content (AvgIpc) is 2.36. The van der Waals surface area contributed by atoms with Crippen molar-refractivity contribution < 1.29 is 9.47 Å². The predicted octanol–water partition coefficient (Wildman–Crippen LogP) is 3.29. The molecule has 1 atom stereocenters. The molecule has 0 aromatic heterocycles. The number of nitrogens with one attached hydrogen (secondary N) is 1. The highest BCUT2D eigenvalue weighted by Crippen LogP contribution is 2.20. The monoisotopic (exact) mass is 285 g/mol. The summed E-state index contributed by atoms with van der Waals surface area (Å²) in [6, 6.07) is 7.79. The van der Waals surface area contributed by atoms with Gasteiger partial charge in [0, 0.05) is 18.2 Å². The van der Waals surface area contributed by atoms with Crippen molar-refractivity contribution in [3.8, 4) is 0 Å². The van der Waals surface area contributed by atoms with Crippen molar-refractivity contribution >= 4 is 11.6 Å². The molecule has 0 saturated heterocycles. The summed E-state index contributed by atoms with van der Waals surface area (Å²) in [6.07, 6.45) is 0.00588. The minimum Gasteiger partial charge on any atom is -0.379 e. The van der Waals surface area contributed by atoms with Crippen LogP contribution in [0.2, 0.25) is 5.02 Å². The van der Waals surface area contributed by atoms with E-state index in [1.807, 2.05) is 31.3 Å². The van der Waals surface area contributed by atoms with Crippen molar-refractivity contribution in [1.82, 2.24) is 5.32 Å². The van der Waals surface area contributed by atoms with Crippen LogP contribution in [0.4, 0.5) is 0 Å². The molecule has 108 valence electrons. The van der Waals surface area contributed by atoms with E-state index < -0.39 is 0 Å². The normalized spacial score (nSPS) is 12.9. The van der Waals surface area contributed by atoms with Crippen molar-refractivity contribution in [2.24, 2.45) is 5.92 Å². The van der Waals surface area contributed by atoms with Crippen molar-refractivity contribution in [1.29, 1.82) is 0 Å². The third-order valence-corrected chi connectivity index (χ3v) is 2.84. The van der Waals surface area contributed by atoms with Crippen LogP contribution in [0.15, 0.2) is 24.3 Å². The van der Waals surface area contributed by atoms with Crippen LogP contribution in [-0.4, -0.2) is 33.4 Å². The van der Waals surface area contributed by atoms with E-state index in [1.165, 1.54) is 0 Å². The Bertz CT molecular complexity index is 358. The van der Waals surface area contributed by atoms with Crippen LogP contribution in [0.3, 0.4) is 0 Å². The Morgan fingerprint density at radius 3 is 2.68 bits per heavy atom. The zero-order chi connectivity index (χ0) is 14.1. The highest BCUT2D eigenvalue weighted by Gasteiger charge is 2.11. The maximum Gasteiger partial charge on any atom is 0.0950 e. The lowest BCUT2D eigenvalue weighted by molar-refractivity contribution is -0.000659. The van der Waals surface area contributed by atoms with Gasteiger partial charge in [0.25, 0.3) is 0 Å². The summed E-state index contributed by atoms with van der Waals surface area (Å²) in [5.74, 6) is 0.557. The van der Waals surface area contributed by atoms with Gasteiger partial charge in [-0.3, -0.25) is 0 Å². The van der Waals surface area contributed by atoms with E-state index in [4.69, 9.17) is 21.1 Å². The maximum absolute atomic E-state index is 6.01. The van der Waals surface area contributed by atoms with E-state index in [0.717, 1.165) is 23.7 Å². The first-order valence-corrected chi connectivity index (χ1v) is 7.10. The quantitative estimate of drug-likeness (QED) is 0.706. The summed E-state index contributed by atoms with van der Waals surface area (Å²) in [6.45, 7) is 7.01. The second-order valence-corrected chi connectivity index (χ2v) is 5.38. The Morgan fingerprint density at radius 1 is 1.26 bits per heavy atom. The van der Waals surface area contributed by atoms with Crippen LogP contribution < -0.4 is 5.32 Å². The first kappa shape index (κ1) is 16.4. The second-order valence-electron chi connectivity index (χ2n) is 4.94. The fraction of sp³-hybridized carbons (Fsp3) is 0.600. The molecule has 1 aromatic rings. The Hall–Kier alpha value is -0.610. The first-order chi connectivity index (χ1) is 9.13. The number of ether oxygens (including phenoxy) is 2. The van der Waals surface area contributed by atoms with E-state index in [2.05, 4.69) is 19.2 Å². The number of rotatable bonds is 9. The van der Waals surface area contributed by atoms with Gasteiger partial charge in [-0.05, 0) is 30.7 Å². The number of benzene rings is 1. The van der Waals surface area contributed by atoms with E-state index in [-0.39, 0.29) is 6.10 Å². The van der Waals surface area contributed by atoms with Gasteiger partial charge in [-0.1, -0.05) is 37.6 Å². The van der Waals surface area contributed by atoms with Crippen LogP contribution >= 0.6 is 11.6 Å². The minimum absolute atomic E-state index is 0.00588. The van der Waals surface area contributed by atoms with Gasteiger partial charge >= 0.3 is 0 Å². The zero-order valence-corrected chi connectivity index (χ0v) is 12.7. The van der Waals surface area contributed by atoms with Crippen LogP contribution in [0.1, 0.15) is 25.5 Å². The second kappa shape index (κ2) is 9.32. The molecule has 1 N–H and O–H groups in total. The van der Waals surface area contributed by atoms with Crippen LogP contribution in [0.25, 0.3) is 0 Å². The smallest absolute Gasteiger partial charge is 0.0950 e. The fourth-order valence-electron chi connectivity index (χ4n) is 1.73. The molecule has 0 amide bonds. The van der Waals surface area contributed by atoms with Crippen LogP contribution in [0, 0.1) is 5.92 Å². The summed E-state index contributed by atoms with van der Waals surface area (Å²) >= 11 is 6.01. The molecule has 0 radical (unpaired) electrons. The number of hydrogen-bond donors (Lipinski definition) is 1. The summed E-state index contributed by atoms with van der Waals surface area (Å²) in [4.78, 5) is 0. The van der Waals surface area contributed by atoms with Gasteiger partial charge in [0.05, 0.1) is 19.3 Å². The molecule has 1 unspecified atom stereocenters. The highest BCUT2D eigenvalue weighted by atomic mass is 35.5. The molecule has 0 aliphatic rings. The Labute approximate surface area is 121 Å². The first-order valence-electron chi connectivity index (χ1n) is 6.73.